The average molecular weight is 623 g/mol. The molecule has 1 atom stereocenters. The van der Waals surface area contributed by atoms with E-state index in [0.717, 1.165) is 44.1 Å². The standard InChI is InChI=1S/C32H39FN6O4S/c1-22(2)37(3)16-17-38(4)29-12-8-11-27(31(29)35-30-13-5-6-18-43-30)32(40)36-39-28-15-14-26(19-23(28)21-34-39)44(41,42)25-10-7-9-24(33)20-25/h7-12,14-15,19-22,30,35H,5-6,13,16-18H2,1-4H3,(H,36,40). The van der Waals surface area contributed by atoms with E-state index >= 15 is 0 Å². The van der Waals surface area contributed by atoms with Gasteiger partial charge in [-0.3, -0.25) is 4.79 Å². The largest absolute Gasteiger partial charge is 0.372 e. The molecule has 3 aromatic carbocycles. The number of fused-ring (bicyclic) bond motifs is 1. The molecule has 0 radical (unpaired) electrons. The normalized spacial score (nSPS) is 15.6. The Hall–Kier alpha value is -4.00. The minimum atomic E-state index is -3.95. The zero-order valence-electron chi connectivity index (χ0n) is 25.5. The molecule has 1 unspecified atom stereocenters. The molecule has 0 bridgehead atoms. The zero-order valence-corrected chi connectivity index (χ0v) is 26.3. The lowest BCUT2D eigenvalue weighted by Gasteiger charge is -2.31. The van der Waals surface area contributed by atoms with E-state index in [9.17, 15) is 17.6 Å². The van der Waals surface area contributed by atoms with Gasteiger partial charge in [0.25, 0.3) is 5.91 Å². The number of nitrogens with zero attached hydrogens (tertiary/aromatic N) is 4. The van der Waals surface area contributed by atoms with Crippen LogP contribution in [0.1, 0.15) is 43.5 Å². The van der Waals surface area contributed by atoms with Crippen LogP contribution < -0.4 is 15.6 Å². The quantitative estimate of drug-likeness (QED) is 0.238. The highest BCUT2D eigenvalue weighted by molar-refractivity contribution is 7.91. The first kappa shape index (κ1) is 31.4. The van der Waals surface area contributed by atoms with Crippen molar-refractivity contribution in [2.75, 3.05) is 49.4 Å². The number of amides is 1. The highest BCUT2D eigenvalue weighted by Crippen LogP contribution is 2.32. The van der Waals surface area contributed by atoms with E-state index < -0.39 is 15.7 Å². The van der Waals surface area contributed by atoms with Crippen molar-refractivity contribution in [3.8, 4) is 0 Å². The van der Waals surface area contributed by atoms with Crippen molar-refractivity contribution >= 4 is 38.0 Å². The number of nitrogens with one attached hydrogen (secondary N) is 2. The summed E-state index contributed by atoms with van der Waals surface area (Å²) in [4.78, 5) is 19.4. The van der Waals surface area contributed by atoms with Crippen molar-refractivity contribution < 1.29 is 22.3 Å². The zero-order chi connectivity index (χ0) is 31.4. The molecule has 0 aliphatic carbocycles. The number of benzene rings is 3. The number of carbonyl (C=O) groups is 1. The maximum absolute atomic E-state index is 13.8. The van der Waals surface area contributed by atoms with Gasteiger partial charge in [-0.2, -0.15) is 9.89 Å². The second kappa shape index (κ2) is 13.3. The van der Waals surface area contributed by atoms with Crippen LogP contribution in [-0.4, -0.2) is 75.2 Å². The number of carbonyl (C=O) groups excluding carboxylic acids is 1. The Kier molecular flexibility index (Phi) is 9.52. The third-order valence-corrected chi connectivity index (χ3v) is 9.77. The van der Waals surface area contributed by atoms with Crippen LogP contribution in [0.4, 0.5) is 15.8 Å². The Labute approximate surface area is 257 Å². The van der Waals surface area contributed by atoms with Gasteiger partial charge in [0.2, 0.25) is 9.84 Å². The summed E-state index contributed by atoms with van der Waals surface area (Å²) in [6.07, 6.45) is 4.13. The number of ether oxygens (including phenoxy) is 1. The van der Waals surface area contributed by atoms with Crippen LogP contribution >= 0.6 is 0 Å². The second-order valence-corrected chi connectivity index (χ2v) is 13.3. The molecule has 5 rings (SSSR count). The van der Waals surface area contributed by atoms with Crippen LogP contribution in [0.5, 0.6) is 0 Å². The van der Waals surface area contributed by atoms with Crippen molar-refractivity contribution in [3.05, 3.63) is 78.2 Å². The molecule has 1 aliphatic rings. The number of hydrogen-bond donors (Lipinski definition) is 2. The molecule has 1 amide bonds. The molecule has 44 heavy (non-hydrogen) atoms. The van der Waals surface area contributed by atoms with Crippen LogP contribution in [0.3, 0.4) is 0 Å². The van der Waals surface area contributed by atoms with E-state index in [1.165, 1.54) is 41.3 Å². The summed E-state index contributed by atoms with van der Waals surface area (Å²) in [5.41, 5.74) is 5.33. The van der Waals surface area contributed by atoms with E-state index in [4.69, 9.17) is 4.74 Å². The van der Waals surface area contributed by atoms with Crippen molar-refractivity contribution in [2.45, 2.75) is 55.2 Å². The molecule has 1 saturated heterocycles. The second-order valence-electron chi connectivity index (χ2n) is 11.4. The van der Waals surface area contributed by atoms with Gasteiger partial charge in [0.05, 0.1) is 38.4 Å². The summed E-state index contributed by atoms with van der Waals surface area (Å²) in [5, 5.41) is 8.30. The Morgan fingerprint density at radius 1 is 1.07 bits per heavy atom. The van der Waals surface area contributed by atoms with Gasteiger partial charge in [0, 0.05) is 38.2 Å². The molecule has 4 aromatic rings. The molecule has 0 saturated carbocycles. The number of rotatable bonds is 11. The van der Waals surface area contributed by atoms with Gasteiger partial charge in [0.15, 0.2) is 0 Å². The molecule has 2 heterocycles. The average Bonchev–Trinajstić information content (AvgIpc) is 3.42. The number of halogens is 1. The predicted molar refractivity (Wildman–Crippen MR) is 170 cm³/mol. The Balaban J connectivity index is 1.42. The van der Waals surface area contributed by atoms with Gasteiger partial charge in [-0.15, -0.1) is 0 Å². The van der Waals surface area contributed by atoms with Crippen LogP contribution in [0.25, 0.3) is 10.9 Å². The van der Waals surface area contributed by atoms with Crippen molar-refractivity contribution in [1.82, 2.24) is 14.8 Å². The van der Waals surface area contributed by atoms with Gasteiger partial charge < -0.3 is 19.9 Å². The van der Waals surface area contributed by atoms with Gasteiger partial charge in [-0.05, 0) is 88.7 Å². The lowest BCUT2D eigenvalue weighted by molar-refractivity contribution is 0.0343. The third kappa shape index (κ3) is 6.87. The fraction of sp³-hybridized carbons (Fsp3) is 0.375. The summed E-state index contributed by atoms with van der Waals surface area (Å²) < 4.78 is 45.9. The van der Waals surface area contributed by atoms with Crippen LogP contribution in [0, 0.1) is 5.82 Å². The Morgan fingerprint density at radius 3 is 2.57 bits per heavy atom. The number of hydrogen-bond acceptors (Lipinski definition) is 8. The first-order chi connectivity index (χ1) is 21.0. The highest BCUT2D eigenvalue weighted by atomic mass is 32.2. The Bertz CT molecular complexity index is 1740. The van der Waals surface area contributed by atoms with Crippen LogP contribution in [0.2, 0.25) is 0 Å². The van der Waals surface area contributed by atoms with Gasteiger partial charge >= 0.3 is 0 Å². The molecule has 1 aliphatic heterocycles. The van der Waals surface area contributed by atoms with E-state index in [2.05, 4.69) is 46.5 Å². The molecular formula is C32H39FN6O4S. The van der Waals surface area contributed by atoms with E-state index in [1.54, 1.807) is 12.1 Å². The summed E-state index contributed by atoms with van der Waals surface area (Å²) >= 11 is 0. The summed E-state index contributed by atoms with van der Waals surface area (Å²) in [5.74, 6) is -1.02. The fourth-order valence-corrected chi connectivity index (χ4v) is 6.42. The predicted octanol–water partition coefficient (Wildman–Crippen LogP) is 5.11. The molecule has 2 N–H and O–H groups in total. The van der Waals surface area contributed by atoms with Crippen LogP contribution in [-0.2, 0) is 14.6 Å². The smallest absolute Gasteiger partial charge is 0.273 e. The fourth-order valence-electron chi connectivity index (χ4n) is 5.09. The number of para-hydroxylation sites is 1. The minimum Gasteiger partial charge on any atom is -0.372 e. The minimum absolute atomic E-state index is 0.000653. The maximum atomic E-state index is 13.8. The summed E-state index contributed by atoms with van der Waals surface area (Å²) in [6.45, 7) is 6.57. The lowest BCUT2D eigenvalue weighted by atomic mass is 10.1. The molecule has 10 nitrogen and oxygen atoms in total. The SMILES string of the molecule is CC(C)N(C)CCN(C)c1cccc(C(=O)Nn2ncc3cc(S(=O)(=O)c4cccc(F)c4)ccc32)c1NC1CCCCO1. The van der Waals surface area contributed by atoms with Crippen LogP contribution in [0.15, 0.2) is 76.7 Å². The molecule has 1 aromatic heterocycles. The summed E-state index contributed by atoms with van der Waals surface area (Å²) in [6, 6.07) is 15.3. The van der Waals surface area contributed by atoms with Crippen molar-refractivity contribution in [2.24, 2.45) is 0 Å². The molecule has 0 spiro atoms. The van der Waals surface area contributed by atoms with Gasteiger partial charge in [0.1, 0.15) is 12.0 Å². The topological polar surface area (TPSA) is 109 Å². The lowest BCUT2D eigenvalue weighted by Crippen LogP contribution is -2.36. The summed E-state index contributed by atoms with van der Waals surface area (Å²) in [7, 11) is 0.148. The van der Waals surface area contributed by atoms with E-state index in [1.807, 2.05) is 19.2 Å². The van der Waals surface area contributed by atoms with Crippen molar-refractivity contribution in [3.63, 3.8) is 0 Å². The van der Waals surface area contributed by atoms with Crippen molar-refractivity contribution in [1.29, 1.82) is 0 Å². The Morgan fingerprint density at radius 2 is 1.84 bits per heavy atom. The molecule has 234 valence electrons. The first-order valence-electron chi connectivity index (χ1n) is 14.8. The highest BCUT2D eigenvalue weighted by Gasteiger charge is 2.24. The number of anilines is 2. The maximum Gasteiger partial charge on any atom is 0.273 e. The first-order valence-corrected chi connectivity index (χ1v) is 16.3. The monoisotopic (exact) mass is 622 g/mol. The van der Waals surface area contributed by atoms with E-state index in [-0.39, 0.29) is 21.9 Å². The number of likely N-dealkylation sites (N-methyl/N-ethyl adjacent to an activating group) is 2. The van der Waals surface area contributed by atoms with Gasteiger partial charge in [-0.25, -0.2) is 18.2 Å². The molecular weight excluding hydrogens is 583 g/mol. The molecule has 12 heteroatoms. The number of sulfone groups is 1. The molecule has 1 fully saturated rings. The number of aromatic nitrogens is 2. The van der Waals surface area contributed by atoms with Gasteiger partial charge in [-0.1, -0.05) is 12.1 Å². The third-order valence-electron chi connectivity index (χ3n) is 8.02. The van der Waals surface area contributed by atoms with E-state index in [0.29, 0.717) is 34.8 Å².